The maximum atomic E-state index is 13.0. The molecular weight excluding hydrogens is 570 g/mol. The van der Waals surface area contributed by atoms with Crippen molar-refractivity contribution in [2.24, 2.45) is 0 Å². The van der Waals surface area contributed by atoms with E-state index in [1.165, 1.54) is 7.11 Å². The van der Waals surface area contributed by atoms with Crippen LogP contribution in [-0.4, -0.2) is 68.1 Å². The number of methoxy groups -OCH3 is 1. The van der Waals surface area contributed by atoms with Gasteiger partial charge in [0.15, 0.2) is 0 Å². The predicted molar refractivity (Wildman–Crippen MR) is 174 cm³/mol. The third-order valence-electron chi connectivity index (χ3n) is 7.65. The van der Waals surface area contributed by atoms with E-state index in [9.17, 15) is 14.9 Å². The molecule has 0 bridgehead atoms. The number of H-pyrrole nitrogens is 1. The molecule has 234 valence electrons. The zero-order valence-electron chi connectivity index (χ0n) is 26.1. The van der Waals surface area contributed by atoms with Gasteiger partial charge in [-0.05, 0) is 74.2 Å². The number of fused-ring (bicyclic) bond motifs is 1. The van der Waals surface area contributed by atoms with Crippen LogP contribution in [0, 0.1) is 11.3 Å². The summed E-state index contributed by atoms with van der Waals surface area (Å²) in [6, 6.07) is 22.1. The highest BCUT2D eigenvalue weighted by atomic mass is 16.6. The number of para-hydroxylation sites is 1. The fraction of sp³-hybridized carbons (Fsp3) is 0.343. The van der Waals surface area contributed by atoms with Crippen molar-refractivity contribution in [3.8, 4) is 17.2 Å². The Hall–Kier alpha value is -5.01. The highest BCUT2D eigenvalue weighted by Crippen LogP contribution is 2.30. The van der Waals surface area contributed by atoms with Crippen molar-refractivity contribution in [2.45, 2.75) is 44.9 Å². The Morgan fingerprint density at radius 3 is 2.53 bits per heavy atom. The van der Waals surface area contributed by atoms with Gasteiger partial charge in [0.25, 0.3) is 0 Å². The molecule has 1 amide bonds. The Morgan fingerprint density at radius 2 is 1.80 bits per heavy atom. The molecule has 3 aromatic carbocycles. The molecule has 1 fully saturated rings. The second-order valence-electron chi connectivity index (χ2n) is 12.0. The minimum Gasteiger partial charge on any atom is -0.465 e. The summed E-state index contributed by atoms with van der Waals surface area (Å²) < 4.78 is 16.2. The molecule has 10 heteroatoms. The van der Waals surface area contributed by atoms with E-state index in [0.717, 1.165) is 46.4 Å². The Balaban J connectivity index is 1.45. The summed E-state index contributed by atoms with van der Waals surface area (Å²) in [5, 5.41) is 17.5. The molecule has 0 saturated carbocycles. The lowest BCUT2D eigenvalue weighted by atomic mass is 9.97. The van der Waals surface area contributed by atoms with E-state index >= 15 is 0 Å². The van der Waals surface area contributed by atoms with Crippen molar-refractivity contribution in [1.82, 2.24) is 10.3 Å². The summed E-state index contributed by atoms with van der Waals surface area (Å²) in [6.07, 6.45) is 1.56. The zero-order valence-corrected chi connectivity index (χ0v) is 26.1. The van der Waals surface area contributed by atoms with Crippen molar-refractivity contribution < 1.29 is 23.8 Å². The van der Waals surface area contributed by atoms with E-state index in [-0.39, 0.29) is 5.56 Å². The number of aromatic amines is 1. The number of anilines is 2. The number of morpholine rings is 1. The smallest absolute Gasteiger partial charge is 0.407 e. The third-order valence-corrected chi connectivity index (χ3v) is 7.65. The van der Waals surface area contributed by atoms with Crippen LogP contribution in [0.1, 0.15) is 36.7 Å². The Morgan fingerprint density at radius 1 is 1.04 bits per heavy atom. The second kappa shape index (κ2) is 13.7. The van der Waals surface area contributed by atoms with Crippen LogP contribution in [-0.2, 0) is 20.6 Å². The number of nitriles is 1. The standard InChI is InChI=1S/C35H39N5O5/c1-35(2,3)45-34(42)39-31(20-25-22-37-29-11-6-5-10-27(25)29)32(21-36)38-30-13-12-24(19-28(30)33(41)43-4)23-8-7-9-26(18-23)40-14-16-44-17-15-40/h5-13,18-19,22,31-32,37-38H,14-17,20H2,1-4H3,(H,39,42). The number of amides is 1. The highest BCUT2D eigenvalue weighted by molar-refractivity contribution is 5.97. The molecule has 1 aromatic heterocycles. The maximum Gasteiger partial charge on any atom is 0.407 e. The molecule has 2 unspecified atom stereocenters. The molecule has 4 aromatic rings. The summed E-state index contributed by atoms with van der Waals surface area (Å²) >= 11 is 0. The van der Waals surface area contributed by atoms with Gasteiger partial charge in [-0.3, -0.25) is 0 Å². The molecule has 2 atom stereocenters. The van der Waals surface area contributed by atoms with E-state index < -0.39 is 29.7 Å². The summed E-state index contributed by atoms with van der Waals surface area (Å²) in [4.78, 5) is 31.5. The first-order chi connectivity index (χ1) is 21.6. The Labute approximate surface area is 263 Å². The number of carbonyl (C=O) groups excluding carboxylic acids is 2. The van der Waals surface area contributed by atoms with Gasteiger partial charge in [-0.2, -0.15) is 5.26 Å². The number of ether oxygens (including phenoxy) is 3. The molecule has 5 rings (SSSR count). The summed E-state index contributed by atoms with van der Waals surface area (Å²) in [6.45, 7) is 8.33. The quantitative estimate of drug-likeness (QED) is 0.200. The number of carbonyl (C=O) groups is 2. The lowest BCUT2D eigenvalue weighted by molar-refractivity contribution is 0.0501. The number of esters is 1. The van der Waals surface area contributed by atoms with E-state index in [0.29, 0.717) is 25.3 Å². The zero-order chi connectivity index (χ0) is 32.0. The molecular formula is C35H39N5O5. The Kier molecular flexibility index (Phi) is 9.59. The van der Waals surface area contributed by atoms with Gasteiger partial charge in [0, 0.05) is 41.6 Å². The lowest BCUT2D eigenvalue weighted by Crippen LogP contribution is -2.49. The normalized spacial score (nSPS) is 14.7. The molecule has 45 heavy (non-hydrogen) atoms. The first-order valence-electron chi connectivity index (χ1n) is 15.0. The second-order valence-corrected chi connectivity index (χ2v) is 12.0. The molecule has 1 aliphatic heterocycles. The van der Waals surface area contributed by atoms with Crippen LogP contribution in [0.25, 0.3) is 22.0 Å². The molecule has 3 N–H and O–H groups in total. The number of rotatable bonds is 9. The number of hydrogen-bond donors (Lipinski definition) is 3. The average Bonchev–Trinajstić information content (AvgIpc) is 3.45. The number of nitrogens with zero attached hydrogens (tertiary/aromatic N) is 2. The van der Waals surface area contributed by atoms with Crippen LogP contribution in [0.15, 0.2) is 72.9 Å². The molecule has 10 nitrogen and oxygen atoms in total. The van der Waals surface area contributed by atoms with Gasteiger partial charge in [-0.25, -0.2) is 9.59 Å². The number of hydrogen-bond acceptors (Lipinski definition) is 8. The van der Waals surface area contributed by atoms with E-state index in [1.807, 2.05) is 48.7 Å². The van der Waals surface area contributed by atoms with E-state index in [4.69, 9.17) is 14.2 Å². The van der Waals surface area contributed by atoms with Crippen LogP contribution in [0.3, 0.4) is 0 Å². The van der Waals surface area contributed by atoms with Crippen LogP contribution in [0.5, 0.6) is 0 Å². The van der Waals surface area contributed by atoms with E-state index in [1.54, 1.807) is 32.9 Å². The fourth-order valence-electron chi connectivity index (χ4n) is 5.47. The first kappa shape index (κ1) is 31.4. The highest BCUT2D eigenvalue weighted by Gasteiger charge is 2.29. The van der Waals surface area contributed by atoms with Crippen LogP contribution < -0.4 is 15.5 Å². The van der Waals surface area contributed by atoms with Gasteiger partial charge in [-0.15, -0.1) is 0 Å². The molecule has 2 heterocycles. The van der Waals surface area contributed by atoms with Crippen molar-refractivity contribution >= 4 is 34.3 Å². The molecule has 0 radical (unpaired) electrons. The first-order valence-corrected chi connectivity index (χ1v) is 15.0. The Bertz CT molecular complexity index is 1700. The summed E-state index contributed by atoms with van der Waals surface area (Å²) in [7, 11) is 1.32. The number of aromatic nitrogens is 1. The SMILES string of the molecule is COC(=O)c1cc(-c2cccc(N3CCOCC3)c2)ccc1NC(C#N)C(Cc1c[nH]c2ccccc12)NC(=O)OC(C)(C)C. The summed E-state index contributed by atoms with van der Waals surface area (Å²) in [5.74, 6) is -0.548. The van der Waals surface area contributed by atoms with Gasteiger partial charge in [0.1, 0.15) is 11.6 Å². The molecule has 0 spiro atoms. The lowest BCUT2D eigenvalue weighted by Gasteiger charge is -2.29. The van der Waals surface area contributed by atoms with Gasteiger partial charge < -0.3 is 34.7 Å². The van der Waals surface area contributed by atoms with Gasteiger partial charge in [-0.1, -0.05) is 36.4 Å². The van der Waals surface area contributed by atoms with Crippen molar-refractivity contribution in [1.29, 1.82) is 5.26 Å². The number of benzene rings is 3. The van der Waals surface area contributed by atoms with Crippen molar-refractivity contribution in [3.63, 3.8) is 0 Å². The average molecular weight is 610 g/mol. The van der Waals surface area contributed by atoms with Gasteiger partial charge in [0.05, 0.1) is 38.0 Å². The van der Waals surface area contributed by atoms with Crippen LogP contribution >= 0.6 is 0 Å². The molecule has 0 aliphatic carbocycles. The minimum absolute atomic E-state index is 0.273. The topological polar surface area (TPSA) is 129 Å². The number of alkyl carbamates (subject to hydrolysis) is 1. The van der Waals surface area contributed by atoms with Gasteiger partial charge in [0.2, 0.25) is 0 Å². The molecule has 1 saturated heterocycles. The maximum absolute atomic E-state index is 13.0. The summed E-state index contributed by atoms with van der Waals surface area (Å²) in [5.41, 5.74) is 4.69. The minimum atomic E-state index is -0.926. The fourth-order valence-corrected chi connectivity index (χ4v) is 5.47. The predicted octanol–water partition coefficient (Wildman–Crippen LogP) is 5.90. The van der Waals surface area contributed by atoms with Gasteiger partial charge >= 0.3 is 12.1 Å². The monoisotopic (exact) mass is 609 g/mol. The van der Waals surface area contributed by atoms with Crippen LogP contribution in [0.4, 0.5) is 16.2 Å². The number of nitrogens with one attached hydrogen (secondary N) is 3. The van der Waals surface area contributed by atoms with Crippen LogP contribution in [0.2, 0.25) is 0 Å². The van der Waals surface area contributed by atoms with Crippen molar-refractivity contribution in [3.05, 3.63) is 84.1 Å². The van der Waals surface area contributed by atoms with Crippen molar-refractivity contribution in [2.75, 3.05) is 43.6 Å². The van der Waals surface area contributed by atoms with E-state index in [2.05, 4.69) is 38.7 Å². The molecule has 1 aliphatic rings. The third kappa shape index (κ3) is 7.75. The largest absolute Gasteiger partial charge is 0.465 e.